The van der Waals surface area contributed by atoms with Gasteiger partial charge in [0.1, 0.15) is 5.75 Å². The number of aromatic nitrogens is 1. The fraction of sp³-hybridized carbons (Fsp3) is 0.375. The average molecular weight is 205 g/mol. The van der Waals surface area contributed by atoms with Gasteiger partial charge in [0.05, 0.1) is 7.11 Å². The zero-order valence-electron chi connectivity index (χ0n) is 7.34. The largest absolute Gasteiger partial charge is 0.495 e. The minimum atomic E-state index is -3.04. The maximum Gasteiger partial charge on any atom is 0.303 e. The second-order valence-corrected chi connectivity index (χ2v) is 3.41. The van der Waals surface area contributed by atoms with Crippen LogP contribution in [0.3, 0.4) is 0 Å². The zero-order valence-corrected chi connectivity index (χ0v) is 8.50. The quantitative estimate of drug-likeness (QED) is 0.691. The van der Waals surface area contributed by atoms with E-state index in [0.29, 0.717) is 0 Å². The molecule has 0 aromatic carbocycles. The highest BCUT2D eigenvalue weighted by molar-refractivity contribution is 7.17. The predicted molar refractivity (Wildman–Crippen MR) is 49.1 cm³/mol. The average Bonchev–Trinajstić information content (AvgIpc) is 2.01. The van der Waals surface area contributed by atoms with Gasteiger partial charge in [0, 0.05) is 6.20 Å². The maximum absolute atomic E-state index is 12.9. The number of methoxy groups -OCH3 is 1. The molecular formula is C8H10F2NOP. The van der Waals surface area contributed by atoms with E-state index in [4.69, 9.17) is 4.74 Å². The van der Waals surface area contributed by atoms with Crippen molar-refractivity contribution in [3.63, 3.8) is 0 Å². The molecule has 1 atom stereocenters. The van der Waals surface area contributed by atoms with Crippen LogP contribution in [0.5, 0.6) is 5.75 Å². The van der Waals surface area contributed by atoms with E-state index in [1.54, 1.807) is 6.92 Å². The third kappa shape index (κ3) is 2.34. The summed E-state index contributed by atoms with van der Waals surface area (Å²) in [5.74, 6) is 0.111. The SMILES string of the molecule is COc1cc(C)cnc1C(F)(F)P. The van der Waals surface area contributed by atoms with Crippen molar-refractivity contribution >= 4 is 9.24 Å². The smallest absolute Gasteiger partial charge is 0.303 e. The molecule has 0 aliphatic heterocycles. The van der Waals surface area contributed by atoms with Gasteiger partial charge in [-0.15, -0.1) is 0 Å². The van der Waals surface area contributed by atoms with Gasteiger partial charge in [-0.05, 0) is 18.6 Å². The second-order valence-electron chi connectivity index (χ2n) is 2.69. The number of alkyl halides is 2. The molecule has 0 radical (unpaired) electrons. The summed E-state index contributed by atoms with van der Waals surface area (Å²) >= 11 is 0. The number of pyridine rings is 1. The van der Waals surface area contributed by atoms with E-state index in [0.717, 1.165) is 5.56 Å². The zero-order chi connectivity index (χ0) is 10.1. The number of hydrogen-bond donors (Lipinski definition) is 0. The van der Waals surface area contributed by atoms with E-state index in [1.807, 2.05) is 0 Å². The normalized spacial score (nSPS) is 11.5. The van der Waals surface area contributed by atoms with Gasteiger partial charge < -0.3 is 4.74 Å². The number of hydrogen-bond acceptors (Lipinski definition) is 2. The van der Waals surface area contributed by atoms with Gasteiger partial charge >= 0.3 is 5.66 Å². The second kappa shape index (κ2) is 3.54. The summed E-state index contributed by atoms with van der Waals surface area (Å²) in [4.78, 5) is 3.62. The van der Waals surface area contributed by atoms with Crippen molar-refractivity contribution in [2.24, 2.45) is 0 Å². The summed E-state index contributed by atoms with van der Waals surface area (Å²) in [7, 11) is 2.78. The molecule has 0 saturated carbocycles. The topological polar surface area (TPSA) is 22.1 Å². The van der Waals surface area contributed by atoms with Gasteiger partial charge in [0.25, 0.3) is 0 Å². The van der Waals surface area contributed by atoms with Crippen molar-refractivity contribution in [3.8, 4) is 5.75 Å². The van der Waals surface area contributed by atoms with E-state index < -0.39 is 5.66 Å². The number of ether oxygens (including phenoxy) is 1. The summed E-state index contributed by atoms with van der Waals surface area (Å²) in [5, 5.41) is 0. The van der Waals surface area contributed by atoms with Crippen LogP contribution < -0.4 is 4.74 Å². The van der Waals surface area contributed by atoms with Crippen LogP contribution in [0.2, 0.25) is 0 Å². The third-order valence-electron chi connectivity index (χ3n) is 1.53. The minimum absolute atomic E-state index is 0.111. The Labute approximate surface area is 77.5 Å². The lowest BCUT2D eigenvalue weighted by Gasteiger charge is -2.13. The van der Waals surface area contributed by atoms with Gasteiger partial charge in [-0.25, -0.2) is 0 Å². The molecule has 1 heterocycles. The van der Waals surface area contributed by atoms with Crippen LogP contribution in [0.1, 0.15) is 11.3 Å². The van der Waals surface area contributed by atoms with Crippen molar-refractivity contribution in [1.82, 2.24) is 4.98 Å². The summed E-state index contributed by atoms with van der Waals surface area (Å²) in [6.07, 6.45) is 1.38. The van der Waals surface area contributed by atoms with Crippen molar-refractivity contribution in [2.45, 2.75) is 12.6 Å². The van der Waals surface area contributed by atoms with Crippen LogP contribution >= 0.6 is 9.24 Å². The molecular weight excluding hydrogens is 195 g/mol. The predicted octanol–water partition coefficient (Wildman–Crippen LogP) is 2.32. The highest BCUT2D eigenvalue weighted by atomic mass is 31.0. The Bertz CT molecular complexity index is 312. The monoisotopic (exact) mass is 205 g/mol. The first-order valence-electron chi connectivity index (χ1n) is 3.63. The molecule has 2 nitrogen and oxygen atoms in total. The van der Waals surface area contributed by atoms with E-state index in [9.17, 15) is 8.78 Å². The number of halogens is 2. The Balaban J connectivity index is 3.22. The Kier molecular flexibility index (Phi) is 2.81. The first-order valence-corrected chi connectivity index (χ1v) is 4.20. The molecule has 1 aromatic heterocycles. The first kappa shape index (κ1) is 10.3. The van der Waals surface area contributed by atoms with Crippen LogP contribution in [-0.4, -0.2) is 12.1 Å². The molecule has 0 aliphatic rings. The molecule has 72 valence electrons. The lowest BCUT2D eigenvalue weighted by atomic mass is 10.2. The van der Waals surface area contributed by atoms with Crippen LogP contribution in [0.25, 0.3) is 0 Å². The number of aryl methyl sites for hydroxylation is 1. The van der Waals surface area contributed by atoms with Crippen molar-refractivity contribution in [3.05, 3.63) is 23.5 Å². The standard InChI is InChI=1S/C8H10F2NOP/c1-5-3-6(12-2)7(11-4-5)8(9,10)13/h3-4H,13H2,1-2H3. The van der Waals surface area contributed by atoms with Gasteiger partial charge in [-0.2, -0.15) is 8.78 Å². The molecule has 0 fully saturated rings. The van der Waals surface area contributed by atoms with E-state index in [2.05, 4.69) is 4.98 Å². The van der Waals surface area contributed by atoms with Crippen molar-refractivity contribution in [2.75, 3.05) is 7.11 Å². The Hall–Kier alpha value is -0.760. The van der Waals surface area contributed by atoms with Crippen LogP contribution in [0, 0.1) is 6.92 Å². The fourth-order valence-corrected chi connectivity index (χ4v) is 1.17. The minimum Gasteiger partial charge on any atom is -0.495 e. The fourth-order valence-electron chi connectivity index (χ4n) is 0.948. The van der Waals surface area contributed by atoms with Gasteiger partial charge in [-0.3, -0.25) is 4.98 Å². The maximum atomic E-state index is 12.9. The molecule has 0 amide bonds. The van der Waals surface area contributed by atoms with E-state index in [-0.39, 0.29) is 11.4 Å². The molecule has 0 aliphatic carbocycles. The molecule has 13 heavy (non-hydrogen) atoms. The molecule has 0 bridgehead atoms. The lowest BCUT2D eigenvalue weighted by Crippen LogP contribution is -2.08. The summed E-state index contributed by atoms with van der Waals surface area (Å²) in [5.41, 5.74) is -2.61. The molecule has 1 aromatic rings. The van der Waals surface area contributed by atoms with Gasteiger partial charge in [0.15, 0.2) is 5.69 Å². The van der Waals surface area contributed by atoms with Crippen LogP contribution in [-0.2, 0) is 5.66 Å². The van der Waals surface area contributed by atoms with Gasteiger partial charge in [-0.1, -0.05) is 9.24 Å². The van der Waals surface area contributed by atoms with E-state index >= 15 is 0 Å². The molecule has 0 saturated heterocycles. The van der Waals surface area contributed by atoms with Crippen LogP contribution in [0.15, 0.2) is 12.3 Å². The molecule has 1 unspecified atom stereocenters. The third-order valence-corrected chi connectivity index (χ3v) is 1.80. The highest BCUT2D eigenvalue weighted by Gasteiger charge is 2.30. The Morgan fingerprint density at radius 2 is 2.15 bits per heavy atom. The summed E-state index contributed by atoms with van der Waals surface area (Å²) in [6, 6.07) is 1.53. The molecule has 0 N–H and O–H groups in total. The van der Waals surface area contributed by atoms with Crippen LogP contribution in [0.4, 0.5) is 8.78 Å². The molecule has 0 spiro atoms. The van der Waals surface area contributed by atoms with Crippen molar-refractivity contribution < 1.29 is 13.5 Å². The van der Waals surface area contributed by atoms with E-state index in [1.165, 1.54) is 28.6 Å². The number of nitrogens with zero attached hydrogens (tertiary/aromatic N) is 1. The molecule has 1 rings (SSSR count). The number of rotatable bonds is 2. The lowest BCUT2D eigenvalue weighted by molar-refractivity contribution is 0.0948. The summed E-state index contributed by atoms with van der Waals surface area (Å²) < 4.78 is 30.5. The summed E-state index contributed by atoms with van der Waals surface area (Å²) in [6.45, 7) is 1.76. The molecule has 5 heteroatoms. The van der Waals surface area contributed by atoms with Gasteiger partial charge in [0.2, 0.25) is 0 Å². The Morgan fingerprint density at radius 3 is 2.62 bits per heavy atom. The first-order chi connectivity index (χ1) is 5.95. The highest BCUT2D eigenvalue weighted by Crippen LogP contribution is 2.38. The van der Waals surface area contributed by atoms with Crippen molar-refractivity contribution in [1.29, 1.82) is 0 Å². The Morgan fingerprint density at radius 1 is 1.54 bits per heavy atom.